The third-order valence-corrected chi connectivity index (χ3v) is 6.43. The number of fused-ring (bicyclic) bond motifs is 4. The predicted molar refractivity (Wildman–Crippen MR) is 126 cm³/mol. The summed E-state index contributed by atoms with van der Waals surface area (Å²) < 4.78 is 0. The van der Waals surface area contributed by atoms with Gasteiger partial charge < -0.3 is 10.2 Å². The standard InChI is InChI=1S/C28H24N2/c1-4-10-25-20(7-1)13-14-21-17-18-24(19-26(21)29-25)30-27-11-5-2-8-22(27)15-16-23-9-3-6-12-28(23)30/h1-12,17-19,29H,13-16H2. The molecule has 2 aliphatic heterocycles. The first-order valence-electron chi connectivity index (χ1n) is 10.8. The number of anilines is 5. The van der Waals surface area contributed by atoms with Gasteiger partial charge in [-0.2, -0.15) is 0 Å². The molecule has 0 aromatic heterocycles. The quantitative estimate of drug-likeness (QED) is 0.374. The van der Waals surface area contributed by atoms with Gasteiger partial charge in [0.15, 0.2) is 0 Å². The van der Waals surface area contributed by atoms with Crippen molar-refractivity contribution in [2.75, 3.05) is 10.2 Å². The van der Waals surface area contributed by atoms with Gasteiger partial charge in [0.25, 0.3) is 0 Å². The fourth-order valence-electron chi connectivity index (χ4n) is 4.87. The molecule has 6 rings (SSSR count). The van der Waals surface area contributed by atoms with E-state index >= 15 is 0 Å². The number of benzene rings is 4. The Morgan fingerprint density at radius 2 is 1.03 bits per heavy atom. The summed E-state index contributed by atoms with van der Waals surface area (Å²) in [5.74, 6) is 0. The first-order chi connectivity index (χ1) is 14.9. The average molecular weight is 389 g/mol. The zero-order chi connectivity index (χ0) is 19.9. The molecule has 0 amide bonds. The highest BCUT2D eigenvalue weighted by molar-refractivity contribution is 5.84. The van der Waals surface area contributed by atoms with Gasteiger partial charge in [-0.3, -0.25) is 0 Å². The predicted octanol–water partition coefficient (Wildman–Crippen LogP) is 7.10. The summed E-state index contributed by atoms with van der Waals surface area (Å²) in [6, 6.07) is 33.3. The molecule has 0 bridgehead atoms. The number of rotatable bonds is 1. The molecule has 2 aliphatic rings. The number of hydrogen-bond acceptors (Lipinski definition) is 2. The number of para-hydroxylation sites is 3. The van der Waals surface area contributed by atoms with Crippen LogP contribution in [0, 0.1) is 0 Å². The van der Waals surface area contributed by atoms with E-state index in [9.17, 15) is 0 Å². The second kappa shape index (κ2) is 7.07. The summed E-state index contributed by atoms with van der Waals surface area (Å²) in [6.45, 7) is 0. The summed E-state index contributed by atoms with van der Waals surface area (Å²) in [4.78, 5) is 2.44. The Balaban J connectivity index is 1.51. The van der Waals surface area contributed by atoms with Crippen molar-refractivity contribution in [3.63, 3.8) is 0 Å². The summed E-state index contributed by atoms with van der Waals surface area (Å²) in [5, 5.41) is 3.72. The SMILES string of the molecule is c1ccc2c(c1)CCc1ccc(N3c4ccccc4CCc4ccccc43)cc1N2. The van der Waals surface area contributed by atoms with E-state index in [1.165, 1.54) is 50.7 Å². The third-order valence-electron chi connectivity index (χ3n) is 6.43. The molecular weight excluding hydrogens is 364 g/mol. The van der Waals surface area contributed by atoms with Crippen molar-refractivity contribution in [2.45, 2.75) is 25.7 Å². The van der Waals surface area contributed by atoms with E-state index in [1.54, 1.807) is 0 Å². The van der Waals surface area contributed by atoms with Crippen LogP contribution in [0.5, 0.6) is 0 Å². The minimum atomic E-state index is 1.06. The number of aryl methyl sites for hydroxylation is 4. The molecule has 146 valence electrons. The molecule has 0 aliphatic carbocycles. The molecule has 0 atom stereocenters. The molecule has 0 spiro atoms. The molecule has 4 aromatic carbocycles. The van der Waals surface area contributed by atoms with Crippen LogP contribution in [0.4, 0.5) is 28.4 Å². The van der Waals surface area contributed by atoms with E-state index in [2.05, 4.69) is 101 Å². The smallest absolute Gasteiger partial charge is 0.0493 e. The maximum Gasteiger partial charge on any atom is 0.0493 e. The lowest BCUT2D eigenvalue weighted by molar-refractivity contribution is 0.977. The van der Waals surface area contributed by atoms with Crippen molar-refractivity contribution in [1.82, 2.24) is 0 Å². The lowest BCUT2D eigenvalue weighted by Gasteiger charge is -2.28. The average Bonchev–Trinajstić information content (AvgIpc) is 3.08. The molecular formula is C28H24N2. The van der Waals surface area contributed by atoms with Crippen LogP contribution in [0.3, 0.4) is 0 Å². The Morgan fingerprint density at radius 3 is 1.73 bits per heavy atom. The summed E-state index contributed by atoms with van der Waals surface area (Å²) in [5.41, 5.74) is 11.8. The zero-order valence-electron chi connectivity index (χ0n) is 16.9. The van der Waals surface area contributed by atoms with Crippen LogP contribution in [-0.2, 0) is 25.7 Å². The van der Waals surface area contributed by atoms with E-state index < -0.39 is 0 Å². The first-order valence-corrected chi connectivity index (χ1v) is 10.8. The van der Waals surface area contributed by atoms with Gasteiger partial charge in [0, 0.05) is 28.4 Å². The summed E-state index contributed by atoms with van der Waals surface area (Å²) in [6.07, 6.45) is 4.28. The van der Waals surface area contributed by atoms with Crippen LogP contribution in [0.2, 0.25) is 0 Å². The summed E-state index contributed by atoms with van der Waals surface area (Å²) in [7, 11) is 0. The van der Waals surface area contributed by atoms with Crippen LogP contribution in [-0.4, -0.2) is 0 Å². The van der Waals surface area contributed by atoms with Crippen molar-refractivity contribution in [1.29, 1.82) is 0 Å². The highest BCUT2D eigenvalue weighted by Crippen LogP contribution is 2.43. The Kier molecular flexibility index (Phi) is 4.09. The molecule has 0 fully saturated rings. The molecule has 1 N–H and O–H groups in total. The van der Waals surface area contributed by atoms with E-state index in [4.69, 9.17) is 0 Å². The van der Waals surface area contributed by atoms with E-state index in [0.717, 1.165) is 25.7 Å². The largest absolute Gasteiger partial charge is 0.355 e. The number of hydrogen-bond donors (Lipinski definition) is 1. The van der Waals surface area contributed by atoms with Crippen LogP contribution in [0.25, 0.3) is 0 Å². The maximum atomic E-state index is 3.72. The van der Waals surface area contributed by atoms with Gasteiger partial charge in [0.2, 0.25) is 0 Å². The van der Waals surface area contributed by atoms with Gasteiger partial charge in [0.1, 0.15) is 0 Å². The van der Waals surface area contributed by atoms with Crippen LogP contribution in [0.15, 0.2) is 91.0 Å². The Bertz CT molecular complexity index is 1190. The number of nitrogens with one attached hydrogen (secondary N) is 1. The van der Waals surface area contributed by atoms with Crippen molar-refractivity contribution in [3.05, 3.63) is 113 Å². The van der Waals surface area contributed by atoms with Gasteiger partial charge >= 0.3 is 0 Å². The lowest BCUT2D eigenvalue weighted by atomic mass is 10.0. The molecule has 0 saturated carbocycles. The maximum absolute atomic E-state index is 3.72. The Morgan fingerprint density at radius 1 is 0.500 bits per heavy atom. The second-order valence-corrected chi connectivity index (χ2v) is 8.22. The van der Waals surface area contributed by atoms with Crippen molar-refractivity contribution in [3.8, 4) is 0 Å². The topological polar surface area (TPSA) is 15.3 Å². The summed E-state index contributed by atoms with van der Waals surface area (Å²) >= 11 is 0. The molecule has 0 radical (unpaired) electrons. The Hall–Kier alpha value is -3.52. The molecule has 30 heavy (non-hydrogen) atoms. The molecule has 2 nitrogen and oxygen atoms in total. The molecule has 2 heterocycles. The van der Waals surface area contributed by atoms with E-state index in [0.29, 0.717) is 0 Å². The Labute approximate surface area is 177 Å². The van der Waals surface area contributed by atoms with Crippen molar-refractivity contribution >= 4 is 28.4 Å². The molecule has 2 heteroatoms. The third kappa shape index (κ3) is 2.88. The highest BCUT2D eigenvalue weighted by atomic mass is 15.2. The van der Waals surface area contributed by atoms with Gasteiger partial charge in [-0.15, -0.1) is 0 Å². The minimum Gasteiger partial charge on any atom is -0.355 e. The van der Waals surface area contributed by atoms with Gasteiger partial charge in [-0.25, -0.2) is 0 Å². The van der Waals surface area contributed by atoms with Crippen LogP contribution < -0.4 is 10.2 Å². The van der Waals surface area contributed by atoms with Gasteiger partial charge in [0.05, 0.1) is 0 Å². The fourth-order valence-corrected chi connectivity index (χ4v) is 4.87. The van der Waals surface area contributed by atoms with Crippen molar-refractivity contribution < 1.29 is 0 Å². The van der Waals surface area contributed by atoms with Gasteiger partial charge in [-0.1, -0.05) is 60.7 Å². The van der Waals surface area contributed by atoms with E-state index in [1.807, 2.05) is 0 Å². The normalized spacial score (nSPS) is 14.3. The molecule has 0 saturated heterocycles. The monoisotopic (exact) mass is 388 g/mol. The molecule has 4 aromatic rings. The van der Waals surface area contributed by atoms with E-state index in [-0.39, 0.29) is 0 Å². The van der Waals surface area contributed by atoms with Gasteiger partial charge in [-0.05, 0) is 78.3 Å². The van der Waals surface area contributed by atoms with Crippen LogP contribution in [0.1, 0.15) is 22.3 Å². The first kappa shape index (κ1) is 17.3. The van der Waals surface area contributed by atoms with Crippen molar-refractivity contribution in [2.24, 2.45) is 0 Å². The minimum absolute atomic E-state index is 1.06. The highest BCUT2D eigenvalue weighted by Gasteiger charge is 2.23. The fraction of sp³-hybridized carbons (Fsp3) is 0.143. The number of nitrogens with zero attached hydrogens (tertiary/aromatic N) is 1. The lowest BCUT2D eigenvalue weighted by Crippen LogP contribution is -2.12. The molecule has 0 unspecified atom stereocenters. The second-order valence-electron chi connectivity index (χ2n) is 8.22. The van der Waals surface area contributed by atoms with Crippen LogP contribution >= 0.6 is 0 Å². The zero-order valence-corrected chi connectivity index (χ0v) is 16.9.